The van der Waals surface area contributed by atoms with Crippen LogP contribution >= 0.6 is 35.5 Å². The van der Waals surface area contributed by atoms with Crippen molar-refractivity contribution < 1.29 is 0 Å². The summed E-state index contributed by atoms with van der Waals surface area (Å²) in [5.74, 6) is 0.667. The molecule has 3 nitrogen and oxygen atoms in total. The standard InChI is InChI=1S/C18H16BrClN3P/c1-24(2)16-10-13(12-6-4-3-5-7-12)8-9-15(16)22-17-14(19)11-21-18(20)23-17/h3-11H,1-2H3,(H,21,22,23). The summed E-state index contributed by atoms with van der Waals surface area (Å²) in [6.07, 6.45) is 1.65. The lowest BCUT2D eigenvalue weighted by molar-refractivity contribution is 1.15. The molecule has 0 unspecified atom stereocenters. The first-order chi connectivity index (χ1) is 11.5. The van der Waals surface area contributed by atoms with Gasteiger partial charge in [0.2, 0.25) is 5.28 Å². The van der Waals surface area contributed by atoms with Crippen molar-refractivity contribution in [1.82, 2.24) is 9.97 Å². The van der Waals surface area contributed by atoms with Gasteiger partial charge in [0.05, 0.1) is 4.47 Å². The number of halogens is 2. The number of hydrogen-bond donors (Lipinski definition) is 1. The zero-order chi connectivity index (χ0) is 17.1. The molecule has 0 radical (unpaired) electrons. The van der Waals surface area contributed by atoms with E-state index in [1.807, 2.05) is 6.07 Å². The lowest BCUT2D eigenvalue weighted by Crippen LogP contribution is -2.09. The van der Waals surface area contributed by atoms with Crippen LogP contribution in [-0.4, -0.2) is 23.3 Å². The zero-order valence-corrected chi connectivity index (χ0v) is 16.5. The summed E-state index contributed by atoms with van der Waals surface area (Å²) in [5.41, 5.74) is 3.47. The molecule has 24 heavy (non-hydrogen) atoms. The molecule has 0 aliphatic rings. The van der Waals surface area contributed by atoms with Gasteiger partial charge in [-0.1, -0.05) is 44.3 Å². The molecule has 3 rings (SSSR count). The third kappa shape index (κ3) is 3.94. The van der Waals surface area contributed by atoms with E-state index in [9.17, 15) is 0 Å². The minimum atomic E-state index is -0.291. The molecule has 3 aromatic rings. The van der Waals surface area contributed by atoms with Gasteiger partial charge in [0.25, 0.3) is 0 Å². The maximum absolute atomic E-state index is 5.91. The Morgan fingerprint density at radius 2 is 1.79 bits per heavy atom. The minimum Gasteiger partial charge on any atom is -0.339 e. The molecule has 0 spiro atoms. The second-order valence-electron chi connectivity index (χ2n) is 5.45. The van der Waals surface area contributed by atoms with Crippen molar-refractivity contribution in [1.29, 1.82) is 0 Å². The number of nitrogens with one attached hydrogen (secondary N) is 1. The van der Waals surface area contributed by atoms with Gasteiger partial charge >= 0.3 is 0 Å². The van der Waals surface area contributed by atoms with Gasteiger partial charge in [-0.2, -0.15) is 4.98 Å². The quantitative estimate of drug-likeness (QED) is 0.436. The van der Waals surface area contributed by atoms with Crippen LogP contribution in [0.1, 0.15) is 0 Å². The fourth-order valence-corrected chi connectivity index (χ4v) is 3.81. The van der Waals surface area contributed by atoms with Gasteiger partial charge in [0, 0.05) is 11.9 Å². The van der Waals surface area contributed by atoms with Gasteiger partial charge in [-0.05, 0) is 69.4 Å². The van der Waals surface area contributed by atoms with Crippen LogP contribution in [0.15, 0.2) is 59.2 Å². The molecule has 1 heterocycles. The lowest BCUT2D eigenvalue weighted by Gasteiger charge is -2.17. The van der Waals surface area contributed by atoms with Crippen molar-refractivity contribution in [2.45, 2.75) is 0 Å². The maximum Gasteiger partial charge on any atom is 0.224 e. The Morgan fingerprint density at radius 1 is 1.04 bits per heavy atom. The summed E-state index contributed by atoms with van der Waals surface area (Å²) in [6, 6.07) is 16.9. The third-order valence-electron chi connectivity index (χ3n) is 3.55. The molecule has 2 aromatic carbocycles. The number of aromatic nitrogens is 2. The molecular formula is C18H16BrClN3P. The molecule has 0 amide bonds. The zero-order valence-electron chi connectivity index (χ0n) is 13.3. The predicted octanol–water partition coefficient (Wildman–Crippen LogP) is 5.67. The monoisotopic (exact) mass is 419 g/mol. The normalized spacial score (nSPS) is 10.9. The largest absolute Gasteiger partial charge is 0.339 e. The van der Waals surface area contributed by atoms with Crippen molar-refractivity contribution in [3.63, 3.8) is 0 Å². The van der Waals surface area contributed by atoms with Gasteiger partial charge < -0.3 is 5.32 Å². The average molecular weight is 421 g/mol. The molecule has 0 bridgehead atoms. The first-order valence-corrected chi connectivity index (χ1v) is 10.8. The molecule has 0 saturated carbocycles. The summed E-state index contributed by atoms with van der Waals surface area (Å²) >= 11 is 9.37. The first-order valence-electron chi connectivity index (χ1n) is 7.36. The Hall–Kier alpha value is -1.48. The van der Waals surface area contributed by atoms with E-state index in [1.165, 1.54) is 16.4 Å². The van der Waals surface area contributed by atoms with Crippen LogP contribution < -0.4 is 10.6 Å². The molecular weight excluding hydrogens is 405 g/mol. The Bertz CT molecular complexity index is 856. The van der Waals surface area contributed by atoms with E-state index in [1.54, 1.807) is 6.20 Å². The highest BCUT2D eigenvalue weighted by molar-refractivity contribution is 9.10. The number of rotatable bonds is 4. The fraction of sp³-hybridized carbons (Fsp3) is 0.111. The van der Waals surface area contributed by atoms with Crippen LogP contribution in [0.5, 0.6) is 0 Å². The van der Waals surface area contributed by atoms with E-state index in [-0.39, 0.29) is 13.2 Å². The summed E-state index contributed by atoms with van der Waals surface area (Å²) in [7, 11) is -0.291. The van der Waals surface area contributed by atoms with Crippen molar-refractivity contribution in [2.24, 2.45) is 0 Å². The Balaban J connectivity index is 2.00. The highest BCUT2D eigenvalue weighted by Crippen LogP contribution is 2.33. The highest BCUT2D eigenvalue weighted by atomic mass is 79.9. The molecule has 1 N–H and O–H groups in total. The molecule has 0 atom stereocenters. The van der Waals surface area contributed by atoms with Crippen LogP contribution in [0.25, 0.3) is 11.1 Å². The SMILES string of the molecule is CP(C)c1cc(-c2ccccc2)ccc1Nc1nc(Cl)ncc1Br. The van der Waals surface area contributed by atoms with Crippen LogP contribution in [0.3, 0.4) is 0 Å². The van der Waals surface area contributed by atoms with Crippen LogP contribution in [0.2, 0.25) is 5.28 Å². The third-order valence-corrected chi connectivity index (χ3v) is 5.65. The Kier molecular flexibility index (Phi) is 5.50. The maximum atomic E-state index is 5.91. The average Bonchev–Trinajstić information content (AvgIpc) is 2.59. The number of nitrogens with zero attached hydrogens (tertiary/aromatic N) is 2. The van der Waals surface area contributed by atoms with E-state index in [4.69, 9.17) is 11.6 Å². The first kappa shape index (κ1) is 17.3. The lowest BCUT2D eigenvalue weighted by atomic mass is 10.1. The second-order valence-corrected chi connectivity index (χ2v) is 8.92. The molecule has 1 aromatic heterocycles. The van der Waals surface area contributed by atoms with E-state index in [2.05, 4.69) is 87.0 Å². The van der Waals surface area contributed by atoms with Crippen LogP contribution in [0.4, 0.5) is 11.5 Å². The highest BCUT2D eigenvalue weighted by Gasteiger charge is 2.11. The molecule has 0 saturated heterocycles. The Labute approximate surface area is 156 Å². The van der Waals surface area contributed by atoms with Gasteiger partial charge in [-0.15, -0.1) is 0 Å². The number of anilines is 2. The van der Waals surface area contributed by atoms with E-state index in [0.717, 1.165) is 10.2 Å². The summed E-state index contributed by atoms with van der Waals surface area (Å²) < 4.78 is 0.779. The predicted molar refractivity (Wildman–Crippen MR) is 108 cm³/mol. The molecule has 122 valence electrons. The number of benzene rings is 2. The summed E-state index contributed by atoms with van der Waals surface area (Å²) in [4.78, 5) is 8.22. The minimum absolute atomic E-state index is 0.221. The topological polar surface area (TPSA) is 37.8 Å². The van der Waals surface area contributed by atoms with Gasteiger partial charge in [0.1, 0.15) is 5.82 Å². The van der Waals surface area contributed by atoms with E-state index >= 15 is 0 Å². The summed E-state index contributed by atoms with van der Waals surface area (Å²) in [5, 5.41) is 4.88. The van der Waals surface area contributed by atoms with Crippen molar-refractivity contribution in [2.75, 3.05) is 18.6 Å². The van der Waals surface area contributed by atoms with Crippen molar-refractivity contribution in [3.05, 3.63) is 64.5 Å². The van der Waals surface area contributed by atoms with Crippen molar-refractivity contribution in [3.8, 4) is 11.1 Å². The number of hydrogen-bond acceptors (Lipinski definition) is 3. The second kappa shape index (κ2) is 7.60. The molecule has 0 aliphatic heterocycles. The van der Waals surface area contributed by atoms with Crippen LogP contribution in [0, 0.1) is 0 Å². The van der Waals surface area contributed by atoms with Gasteiger partial charge in [-0.3, -0.25) is 0 Å². The summed E-state index contributed by atoms with van der Waals surface area (Å²) in [6.45, 7) is 4.49. The van der Waals surface area contributed by atoms with Gasteiger partial charge in [-0.25, -0.2) is 4.98 Å². The van der Waals surface area contributed by atoms with Crippen LogP contribution in [-0.2, 0) is 0 Å². The molecule has 6 heteroatoms. The van der Waals surface area contributed by atoms with Crippen molar-refractivity contribution >= 4 is 52.3 Å². The molecule has 0 fully saturated rings. The molecule has 0 aliphatic carbocycles. The fourth-order valence-electron chi connectivity index (χ4n) is 2.38. The van der Waals surface area contributed by atoms with E-state index < -0.39 is 0 Å². The van der Waals surface area contributed by atoms with E-state index in [0.29, 0.717) is 5.82 Å². The smallest absolute Gasteiger partial charge is 0.224 e. The Morgan fingerprint density at radius 3 is 2.50 bits per heavy atom. The van der Waals surface area contributed by atoms with Gasteiger partial charge in [0.15, 0.2) is 0 Å².